The van der Waals surface area contributed by atoms with Crippen molar-refractivity contribution in [2.45, 2.75) is 52.0 Å². The summed E-state index contributed by atoms with van der Waals surface area (Å²) in [6.07, 6.45) is 8.57. The van der Waals surface area contributed by atoms with Gasteiger partial charge in [0.15, 0.2) is 0 Å². The molecule has 1 heterocycles. The molecule has 0 aliphatic rings. The number of nitrogens with zero attached hydrogens (tertiary/aromatic N) is 1. The van der Waals surface area contributed by atoms with Gasteiger partial charge >= 0.3 is 0 Å². The Morgan fingerprint density at radius 2 is 2.19 bits per heavy atom. The van der Waals surface area contributed by atoms with Gasteiger partial charge in [-0.2, -0.15) is 0 Å². The molecule has 1 atom stereocenters. The fourth-order valence-electron chi connectivity index (χ4n) is 2.19. The lowest BCUT2D eigenvalue weighted by atomic mass is 10.0. The molecule has 0 bridgehead atoms. The number of amides is 1. The number of unbranched alkanes of at least 4 members (excludes halogenated alkanes) is 1. The zero-order chi connectivity index (χ0) is 15.5. The predicted octanol–water partition coefficient (Wildman–Crippen LogP) is 2.48. The molecule has 1 amide bonds. The summed E-state index contributed by atoms with van der Waals surface area (Å²) in [5, 5.41) is 3.12. The average Bonchev–Trinajstić information content (AvgIpc) is 2.51. The summed E-state index contributed by atoms with van der Waals surface area (Å²) in [4.78, 5) is 16.5. The van der Waals surface area contributed by atoms with Crippen LogP contribution >= 0.6 is 0 Å². The predicted molar refractivity (Wildman–Crippen MR) is 85.9 cm³/mol. The Morgan fingerprint density at radius 1 is 1.38 bits per heavy atom. The van der Waals surface area contributed by atoms with E-state index in [1.807, 2.05) is 0 Å². The Labute approximate surface area is 127 Å². The van der Waals surface area contributed by atoms with Crippen molar-refractivity contribution in [1.29, 1.82) is 0 Å². The van der Waals surface area contributed by atoms with Gasteiger partial charge in [0.25, 0.3) is 5.91 Å². The second-order valence-electron chi connectivity index (χ2n) is 5.03. The maximum absolute atomic E-state index is 12.4. The third-order valence-electron chi connectivity index (χ3n) is 3.27. The molecular formula is C17H25N3O. The maximum Gasteiger partial charge on any atom is 0.252 e. The van der Waals surface area contributed by atoms with Crippen molar-refractivity contribution in [2.75, 3.05) is 6.54 Å². The topological polar surface area (TPSA) is 68.0 Å². The van der Waals surface area contributed by atoms with E-state index in [1.165, 1.54) is 0 Å². The molecule has 114 valence electrons. The molecule has 0 radical (unpaired) electrons. The summed E-state index contributed by atoms with van der Waals surface area (Å²) in [6, 6.07) is 1.93. The number of nitrogens with one attached hydrogen (secondary N) is 1. The summed E-state index contributed by atoms with van der Waals surface area (Å²) in [7, 11) is 0. The van der Waals surface area contributed by atoms with Gasteiger partial charge in [-0.15, -0.1) is 0 Å². The minimum absolute atomic E-state index is 0.0757. The number of rotatable bonds is 7. The van der Waals surface area contributed by atoms with E-state index in [1.54, 1.807) is 18.5 Å². The van der Waals surface area contributed by atoms with E-state index in [2.05, 4.69) is 36.0 Å². The number of hydrogen-bond acceptors (Lipinski definition) is 3. The standard InChI is InChI=1S/C17H25N3O/c1-3-5-9-15(7-4-2)20-17(21)16-10-12-19-13-14(16)8-6-11-18/h10,12-13,15H,3-5,7,9,11,18H2,1-2H3,(H,20,21). The highest BCUT2D eigenvalue weighted by molar-refractivity contribution is 5.96. The molecule has 1 unspecified atom stereocenters. The van der Waals surface area contributed by atoms with Gasteiger partial charge in [0, 0.05) is 18.4 Å². The molecule has 0 aliphatic heterocycles. The van der Waals surface area contributed by atoms with Gasteiger partial charge in [0.1, 0.15) is 0 Å². The smallest absolute Gasteiger partial charge is 0.252 e. The minimum Gasteiger partial charge on any atom is -0.349 e. The van der Waals surface area contributed by atoms with Crippen molar-refractivity contribution in [2.24, 2.45) is 5.73 Å². The highest BCUT2D eigenvalue weighted by atomic mass is 16.1. The van der Waals surface area contributed by atoms with Gasteiger partial charge in [-0.1, -0.05) is 45.0 Å². The van der Waals surface area contributed by atoms with Gasteiger partial charge in [-0.3, -0.25) is 9.78 Å². The second-order valence-corrected chi connectivity index (χ2v) is 5.03. The highest BCUT2D eigenvalue weighted by Gasteiger charge is 2.15. The van der Waals surface area contributed by atoms with E-state index in [4.69, 9.17) is 5.73 Å². The monoisotopic (exact) mass is 287 g/mol. The highest BCUT2D eigenvalue weighted by Crippen LogP contribution is 2.10. The molecule has 3 N–H and O–H groups in total. The summed E-state index contributed by atoms with van der Waals surface area (Å²) >= 11 is 0. The van der Waals surface area contributed by atoms with Gasteiger partial charge in [-0.05, 0) is 18.9 Å². The molecule has 4 heteroatoms. The molecule has 21 heavy (non-hydrogen) atoms. The number of hydrogen-bond donors (Lipinski definition) is 2. The van der Waals surface area contributed by atoms with E-state index >= 15 is 0 Å². The van der Waals surface area contributed by atoms with Crippen LogP contribution in [0, 0.1) is 11.8 Å². The summed E-state index contributed by atoms with van der Waals surface area (Å²) in [5.41, 5.74) is 6.59. The van der Waals surface area contributed by atoms with E-state index in [0.29, 0.717) is 11.1 Å². The van der Waals surface area contributed by atoms with Gasteiger partial charge in [0.2, 0.25) is 0 Å². The Hall–Kier alpha value is -1.86. The lowest BCUT2D eigenvalue weighted by Crippen LogP contribution is -2.35. The van der Waals surface area contributed by atoms with Gasteiger partial charge < -0.3 is 11.1 Å². The van der Waals surface area contributed by atoms with E-state index in [-0.39, 0.29) is 18.5 Å². The maximum atomic E-state index is 12.4. The van der Waals surface area contributed by atoms with Crippen LogP contribution in [-0.4, -0.2) is 23.5 Å². The third-order valence-corrected chi connectivity index (χ3v) is 3.27. The second kappa shape index (κ2) is 9.95. The van der Waals surface area contributed by atoms with Crippen molar-refractivity contribution in [1.82, 2.24) is 10.3 Å². The van der Waals surface area contributed by atoms with E-state index < -0.39 is 0 Å². The Kier molecular flexibility index (Phi) is 8.15. The van der Waals surface area contributed by atoms with Crippen LogP contribution in [0.25, 0.3) is 0 Å². The fraction of sp³-hybridized carbons (Fsp3) is 0.529. The number of nitrogens with two attached hydrogens (primary N) is 1. The zero-order valence-corrected chi connectivity index (χ0v) is 13.0. The van der Waals surface area contributed by atoms with Crippen LogP contribution < -0.4 is 11.1 Å². The number of carbonyl (C=O) groups excluding carboxylic acids is 1. The normalized spacial score (nSPS) is 11.4. The Bertz CT molecular complexity index is 502. The van der Waals surface area contributed by atoms with Crippen LogP contribution in [0.1, 0.15) is 61.9 Å². The molecule has 4 nitrogen and oxygen atoms in total. The number of pyridine rings is 1. The van der Waals surface area contributed by atoms with Crippen molar-refractivity contribution in [3.05, 3.63) is 29.6 Å². The average molecular weight is 287 g/mol. The quantitative estimate of drug-likeness (QED) is 0.757. The first-order chi connectivity index (χ1) is 10.2. The van der Waals surface area contributed by atoms with Crippen molar-refractivity contribution in [3.63, 3.8) is 0 Å². The molecule has 0 spiro atoms. The third kappa shape index (κ3) is 5.97. The summed E-state index contributed by atoms with van der Waals surface area (Å²) in [5.74, 6) is 5.60. The molecule has 0 aliphatic carbocycles. The van der Waals surface area contributed by atoms with E-state index in [9.17, 15) is 4.79 Å². The van der Waals surface area contributed by atoms with Crippen molar-refractivity contribution in [3.8, 4) is 11.8 Å². The SMILES string of the molecule is CCCCC(CCC)NC(=O)c1ccncc1C#CCN. The van der Waals surface area contributed by atoms with Crippen LogP contribution in [-0.2, 0) is 0 Å². The lowest BCUT2D eigenvalue weighted by Gasteiger charge is -2.18. The van der Waals surface area contributed by atoms with Gasteiger partial charge in [-0.25, -0.2) is 0 Å². The van der Waals surface area contributed by atoms with Crippen LogP contribution in [0.5, 0.6) is 0 Å². The first kappa shape index (κ1) is 17.2. The Morgan fingerprint density at radius 3 is 2.86 bits per heavy atom. The molecule has 0 saturated carbocycles. The van der Waals surface area contributed by atoms with Crippen molar-refractivity contribution < 1.29 is 4.79 Å². The van der Waals surface area contributed by atoms with Crippen molar-refractivity contribution >= 4 is 5.91 Å². The van der Waals surface area contributed by atoms with Crippen LogP contribution in [0.3, 0.4) is 0 Å². The fourth-order valence-corrected chi connectivity index (χ4v) is 2.19. The molecule has 0 fully saturated rings. The molecular weight excluding hydrogens is 262 g/mol. The molecule has 1 aromatic heterocycles. The Balaban J connectivity index is 2.81. The largest absolute Gasteiger partial charge is 0.349 e. The summed E-state index contributed by atoms with van der Waals surface area (Å²) < 4.78 is 0. The summed E-state index contributed by atoms with van der Waals surface area (Å²) in [6.45, 7) is 4.56. The molecule has 0 aromatic carbocycles. The lowest BCUT2D eigenvalue weighted by molar-refractivity contribution is 0.0932. The minimum atomic E-state index is -0.0757. The van der Waals surface area contributed by atoms with Gasteiger partial charge in [0.05, 0.1) is 17.7 Å². The first-order valence-corrected chi connectivity index (χ1v) is 7.66. The molecule has 0 saturated heterocycles. The van der Waals surface area contributed by atoms with Crippen LogP contribution in [0.4, 0.5) is 0 Å². The zero-order valence-electron chi connectivity index (χ0n) is 13.0. The number of aromatic nitrogens is 1. The van der Waals surface area contributed by atoms with Crippen LogP contribution in [0.2, 0.25) is 0 Å². The van der Waals surface area contributed by atoms with Crippen LogP contribution in [0.15, 0.2) is 18.5 Å². The number of carbonyl (C=O) groups is 1. The first-order valence-electron chi connectivity index (χ1n) is 7.66. The molecule has 1 rings (SSSR count). The molecule has 1 aromatic rings. The van der Waals surface area contributed by atoms with E-state index in [0.717, 1.165) is 32.1 Å².